The zero-order valence-corrected chi connectivity index (χ0v) is 16.1. The van der Waals surface area contributed by atoms with E-state index in [1.807, 2.05) is 0 Å². The normalized spacial score (nSPS) is 14.6. The molecule has 0 atom stereocenters. The van der Waals surface area contributed by atoms with E-state index in [-0.39, 0.29) is 36.8 Å². The van der Waals surface area contributed by atoms with Crippen LogP contribution in [-0.4, -0.2) is 60.1 Å². The van der Waals surface area contributed by atoms with Crippen LogP contribution in [0.3, 0.4) is 0 Å². The maximum atomic E-state index is 12.6. The minimum absolute atomic E-state index is 0.106. The zero-order valence-electron chi connectivity index (χ0n) is 16.1. The van der Waals surface area contributed by atoms with Gasteiger partial charge in [0.1, 0.15) is 0 Å². The Hall–Kier alpha value is -2.94. The zero-order chi connectivity index (χ0) is 20.1. The molecule has 150 valence electrons. The van der Waals surface area contributed by atoms with Gasteiger partial charge in [0.15, 0.2) is 5.82 Å². The van der Waals surface area contributed by atoms with E-state index in [0.717, 1.165) is 31.4 Å². The molecular formula is C19H25N5O4. The molecule has 1 saturated heterocycles. The number of imidazole rings is 1. The van der Waals surface area contributed by atoms with Crippen LogP contribution in [0, 0.1) is 0 Å². The Balaban J connectivity index is 1.71. The molecule has 0 bridgehead atoms. The summed E-state index contributed by atoms with van der Waals surface area (Å²) >= 11 is 0. The van der Waals surface area contributed by atoms with Crippen molar-refractivity contribution in [2.45, 2.75) is 25.3 Å². The molecule has 2 amide bonds. The van der Waals surface area contributed by atoms with E-state index >= 15 is 0 Å². The summed E-state index contributed by atoms with van der Waals surface area (Å²) in [5.74, 6) is -0.589. The van der Waals surface area contributed by atoms with Gasteiger partial charge in [-0.25, -0.2) is 4.98 Å². The first-order valence-corrected chi connectivity index (χ1v) is 9.32. The first-order chi connectivity index (χ1) is 13.5. The fourth-order valence-corrected chi connectivity index (χ4v) is 3.24. The van der Waals surface area contributed by atoms with Crippen molar-refractivity contribution in [3.63, 3.8) is 0 Å². The van der Waals surface area contributed by atoms with E-state index in [9.17, 15) is 14.4 Å². The van der Waals surface area contributed by atoms with Gasteiger partial charge in [0.2, 0.25) is 0 Å². The van der Waals surface area contributed by atoms with E-state index in [1.54, 1.807) is 29.8 Å². The molecule has 0 unspecified atom stereocenters. The molecule has 3 N–H and O–H groups in total. The quantitative estimate of drug-likeness (QED) is 0.616. The lowest BCUT2D eigenvalue weighted by Crippen LogP contribution is -2.43. The van der Waals surface area contributed by atoms with E-state index in [4.69, 9.17) is 0 Å². The molecular weight excluding hydrogens is 362 g/mol. The van der Waals surface area contributed by atoms with Gasteiger partial charge in [-0.15, -0.1) is 0 Å². The first-order valence-electron chi connectivity index (χ1n) is 9.32. The molecule has 28 heavy (non-hydrogen) atoms. The number of fused-ring (bicyclic) bond motifs is 1. The Morgan fingerprint density at radius 1 is 1.25 bits per heavy atom. The second kappa shape index (κ2) is 8.83. The number of carbonyl (C=O) groups is 3. The summed E-state index contributed by atoms with van der Waals surface area (Å²) in [7, 11) is 3.08. The fraction of sp³-hybridized carbons (Fsp3) is 0.474. The molecule has 0 radical (unpaired) electrons. The Labute approximate surface area is 162 Å². The van der Waals surface area contributed by atoms with Gasteiger partial charge >= 0.3 is 5.97 Å². The molecule has 1 aliphatic heterocycles. The van der Waals surface area contributed by atoms with Gasteiger partial charge < -0.3 is 25.3 Å². The highest BCUT2D eigenvalue weighted by atomic mass is 16.5. The fourth-order valence-electron chi connectivity index (χ4n) is 3.24. The summed E-state index contributed by atoms with van der Waals surface area (Å²) < 4.78 is 6.27. The molecule has 3 rings (SSSR count). The number of nitrogens with zero attached hydrogens (tertiary/aromatic N) is 2. The first kappa shape index (κ1) is 19.8. The highest BCUT2D eigenvalue weighted by Gasteiger charge is 2.21. The number of ether oxygens (including phenoxy) is 1. The van der Waals surface area contributed by atoms with Crippen LogP contribution < -0.4 is 16.0 Å². The van der Waals surface area contributed by atoms with Crippen molar-refractivity contribution in [1.82, 2.24) is 25.5 Å². The molecule has 1 fully saturated rings. The number of hydrogen-bond acceptors (Lipinski definition) is 6. The molecule has 0 aliphatic carbocycles. The van der Waals surface area contributed by atoms with Gasteiger partial charge in [-0.3, -0.25) is 14.4 Å². The lowest BCUT2D eigenvalue weighted by molar-refractivity contribution is -0.140. The SMILES string of the molecule is COC(=O)CCNC(=O)c1ccc2c(c1)nc(C(=O)NC1CCNCC1)n2C. The largest absolute Gasteiger partial charge is 0.469 e. The van der Waals surface area contributed by atoms with Gasteiger partial charge in [0, 0.05) is 25.2 Å². The summed E-state index contributed by atoms with van der Waals surface area (Å²) in [6.07, 6.45) is 1.90. The average Bonchev–Trinajstić information content (AvgIpc) is 3.04. The number of aryl methyl sites for hydroxylation is 1. The number of carbonyl (C=O) groups excluding carboxylic acids is 3. The van der Waals surface area contributed by atoms with Crippen LogP contribution in [0.15, 0.2) is 18.2 Å². The van der Waals surface area contributed by atoms with Gasteiger partial charge in [-0.05, 0) is 44.1 Å². The van der Waals surface area contributed by atoms with Gasteiger partial charge in [0.25, 0.3) is 11.8 Å². The van der Waals surface area contributed by atoms with Crippen LogP contribution >= 0.6 is 0 Å². The molecule has 1 aliphatic rings. The maximum absolute atomic E-state index is 12.6. The summed E-state index contributed by atoms with van der Waals surface area (Å²) in [5.41, 5.74) is 1.75. The third kappa shape index (κ3) is 4.48. The van der Waals surface area contributed by atoms with Crippen molar-refractivity contribution < 1.29 is 19.1 Å². The van der Waals surface area contributed by atoms with Crippen molar-refractivity contribution in [3.05, 3.63) is 29.6 Å². The predicted molar refractivity (Wildman–Crippen MR) is 103 cm³/mol. The van der Waals surface area contributed by atoms with Crippen LogP contribution in [0.25, 0.3) is 11.0 Å². The lowest BCUT2D eigenvalue weighted by Gasteiger charge is -2.23. The van der Waals surface area contributed by atoms with Crippen molar-refractivity contribution in [2.75, 3.05) is 26.7 Å². The second-order valence-electron chi connectivity index (χ2n) is 6.78. The van der Waals surface area contributed by atoms with Crippen LogP contribution in [-0.2, 0) is 16.6 Å². The third-order valence-corrected chi connectivity index (χ3v) is 4.86. The van der Waals surface area contributed by atoms with Crippen LogP contribution in [0.2, 0.25) is 0 Å². The van der Waals surface area contributed by atoms with Gasteiger partial charge in [-0.1, -0.05) is 0 Å². The lowest BCUT2D eigenvalue weighted by atomic mass is 10.1. The second-order valence-corrected chi connectivity index (χ2v) is 6.78. The standard InChI is InChI=1S/C19H25N5O4/c1-24-15-4-3-12(18(26)21-10-7-16(25)28-2)11-14(15)23-17(24)19(27)22-13-5-8-20-9-6-13/h3-4,11,13,20H,5-10H2,1-2H3,(H,21,26)(H,22,27). The van der Waals surface area contributed by atoms with Crippen LogP contribution in [0.4, 0.5) is 0 Å². The smallest absolute Gasteiger partial charge is 0.307 e. The maximum Gasteiger partial charge on any atom is 0.307 e. The summed E-state index contributed by atoms with van der Waals surface area (Å²) in [6.45, 7) is 1.97. The molecule has 1 aromatic carbocycles. The number of piperidine rings is 1. The molecule has 1 aromatic heterocycles. The topological polar surface area (TPSA) is 114 Å². The molecule has 0 saturated carbocycles. The number of aromatic nitrogens is 2. The van der Waals surface area contributed by atoms with E-state index in [0.29, 0.717) is 16.9 Å². The van der Waals surface area contributed by atoms with Crippen molar-refractivity contribution in [1.29, 1.82) is 0 Å². The van der Waals surface area contributed by atoms with E-state index in [2.05, 4.69) is 25.7 Å². The number of nitrogens with one attached hydrogen (secondary N) is 3. The van der Waals surface area contributed by atoms with Crippen molar-refractivity contribution >= 4 is 28.8 Å². The van der Waals surface area contributed by atoms with E-state index < -0.39 is 0 Å². The summed E-state index contributed by atoms with van der Waals surface area (Å²) in [6, 6.07) is 5.22. The van der Waals surface area contributed by atoms with Gasteiger partial charge in [-0.2, -0.15) is 0 Å². The highest BCUT2D eigenvalue weighted by Crippen LogP contribution is 2.17. The Morgan fingerprint density at radius 2 is 2.00 bits per heavy atom. The monoisotopic (exact) mass is 387 g/mol. The molecule has 2 heterocycles. The van der Waals surface area contributed by atoms with E-state index in [1.165, 1.54) is 7.11 Å². The highest BCUT2D eigenvalue weighted by molar-refractivity contribution is 5.99. The predicted octanol–water partition coefficient (Wildman–Crippen LogP) is 0.348. The summed E-state index contributed by atoms with van der Waals surface area (Å²) in [5, 5.41) is 8.97. The molecule has 0 spiro atoms. The number of amides is 2. The van der Waals surface area contributed by atoms with Crippen LogP contribution in [0.1, 0.15) is 40.2 Å². The number of hydrogen-bond donors (Lipinski definition) is 3. The van der Waals surface area contributed by atoms with Crippen LogP contribution in [0.5, 0.6) is 0 Å². The molecule has 9 nitrogen and oxygen atoms in total. The minimum atomic E-state index is -0.384. The molecule has 9 heteroatoms. The number of methoxy groups -OCH3 is 1. The Kier molecular flexibility index (Phi) is 6.25. The minimum Gasteiger partial charge on any atom is -0.469 e. The number of rotatable bonds is 6. The average molecular weight is 387 g/mol. The van der Waals surface area contributed by atoms with Crippen molar-refractivity contribution in [2.24, 2.45) is 7.05 Å². The molecule has 2 aromatic rings. The Bertz CT molecular complexity index is 886. The number of benzene rings is 1. The number of esters is 1. The third-order valence-electron chi connectivity index (χ3n) is 4.86. The Morgan fingerprint density at radius 3 is 2.71 bits per heavy atom. The van der Waals surface area contributed by atoms with Gasteiger partial charge in [0.05, 0.1) is 24.6 Å². The summed E-state index contributed by atoms with van der Waals surface area (Å²) in [4.78, 5) is 40.4. The van der Waals surface area contributed by atoms with Crippen molar-refractivity contribution in [3.8, 4) is 0 Å².